The Hall–Kier alpha value is -1.16. The van der Waals surface area contributed by atoms with E-state index in [0.717, 1.165) is 18.1 Å². The normalized spacial score (nSPS) is 16.8. The summed E-state index contributed by atoms with van der Waals surface area (Å²) in [5, 5.41) is 12.1. The Labute approximate surface area is 116 Å². The van der Waals surface area contributed by atoms with Gasteiger partial charge in [-0.2, -0.15) is 5.10 Å². The Morgan fingerprint density at radius 1 is 1.21 bits per heavy atom. The van der Waals surface area contributed by atoms with Gasteiger partial charge in [-0.15, -0.1) is 5.10 Å². The van der Waals surface area contributed by atoms with Crippen molar-refractivity contribution in [1.29, 1.82) is 0 Å². The first-order valence-corrected chi connectivity index (χ1v) is 7.26. The summed E-state index contributed by atoms with van der Waals surface area (Å²) >= 11 is 0. The van der Waals surface area contributed by atoms with E-state index in [-0.39, 0.29) is 5.54 Å². The van der Waals surface area contributed by atoms with Gasteiger partial charge in [0.25, 0.3) is 0 Å². The largest absolute Gasteiger partial charge is 0.355 e. The molecule has 1 saturated carbocycles. The zero-order valence-electron chi connectivity index (χ0n) is 12.6. The molecule has 4 nitrogen and oxygen atoms in total. The van der Waals surface area contributed by atoms with Crippen molar-refractivity contribution in [2.75, 3.05) is 11.9 Å². The summed E-state index contributed by atoms with van der Waals surface area (Å²) in [5.74, 6) is 0.992. The first-order valence-electron chi connectivity index (χ1n) is 7.26. The van der Waals surface area contributed by atoms with Gasteiger partial charge < -0.3 is 10.2 Å². The Bertz CT molecular complexity index is 388. The lowest BCUT2D eigenvalue weighted by Gasteiger charge is -2.25. The lowest BCUT2D eigenvalue weighted by atomic mass is 10.1. The number of aromatic nitrogens is 2. The Morgan fingerprint density at radius 3 is 2.42 bits per heavy atom. The van der Waals surface area contributed by atoms with E-state index in [0.29, 0.717) is 6.04 Å². The molecule has 1 heterocycles. The molecule has 0 unspecified atom stereocenters. The molecule has 0 aromatic carbocycles. The van der Waals surface area contributed by atoms with Gasteiger partial charge in [0.2, 0.25) is 0 Å². The summed E-state index contributed by atoms with van der Waals surface area (Å²) in [6, 6.07) is 4.81. The molecule has 1 aromatic heterocycles. The van der Waals surface area contributed by atoms with Crippen LogP contribution in [0.3, 0.4) is 0 Å². The lowest BCUT2D eigenvalue weighted by Crippen LogP contribution is -2.35. The molecule has 0 radical (unpaired) electrons. The minimum atomic E-state index is 0.112. The smallest absolute Gasteiger partial charge is 0.151 e. The minimum Gasteiger partial charge on any atom is -0.355 e. The molecule has 1 N–H and O–H groups in total. The third-order valence-electron chi connectivity index (χ3n) is 3.74. The maximum atomic E-state index is 4.36. The average molecular weight is 262 g/mol. The zero-order chi connectivity index (χ0) is 13.9. The molecule has 4 heteroatoms. The van der Waals surface area contributed by atoms with Crippen LogP contribution in [0.5, 0.6) is 0 Å². The molecule has 0 aliphatic heterocycles. The second-order valence-electron chi connectivity index (χ2n) is 6.54. The number of hydrogen-bond acceptors (Lipinski definition) is 4. The van der Waals surface area contributed by atoms with Crippen LogP contribution in [0.4, 0.5) is 5.82 Å². The Morgan fingerprint density at radius 2 is 1.89 bits per heavy atom. The predicted molar refractivity (Wildman–Crippen MR) is 79.3 cm³/mol. The van der Waals surface area contributed by atoms with Crippen molar-refractivity contribution in [3.05, 3.63) is 17.8 Å². The fourth-order valence-corrected chi connectivity index (χ4v) is 2.47. The molecule has 1 aliphatic rings. The molecule has 0 atom stereocenters. The maximum Gasteiger partial charge on any atom is 0.151 e. The van der Waals surface area contributed by atoms with Crippen molar-refractivity contribution >= 4 is 5.82 Å². The molecule has 106 valence electrons. The summed E-state index contributed by atoms with van der Waals surface area (Å²) < 4.78 is 0. The zero-order valence-corrected chi connectivity index (χ0v) is 12.6. The van der Waals surface area contributed by atoms with Crippen LogP contribution in [0.25, 0.3) is 0 Å². The molecule has 0 bridgehead atoms. The minimum absolute atomic E-state index is 0.112. The highest BCUT2D eigenvalue weighted by atomic mass is 15.3. The maximum absolute atomic E-state index is 4.36. The summed E-state index contributed by atoms with van der Waals surface area (Å²) in [6.07, 6.45) is 5.25. The van der Waals surface area contributed by atoms with E-state index in [1.54, 1.807) is 0 Å². The van der Waals surface area contributed by atoms with Crippen molar-refractivity contribution in [3.63, 3.8) is 0 Å². The van der Waals surface area contributed by atoms with Crippen molar-refractivity contribution in [2.45, 2.75) is 64.6 Å². The van der Waals surface area contributed by atoms with Gasteiger partial charge in [-0.3, -0.25) is 0 Å². The van der Waals surface area contributed by atoms with Gasteiger partial charge >= 0.3 is 0 Å². The fourth-order valence-electron chi connectivity index (χ4n) is 2.47. The number of hydrogen-bond donors (Lipinski definition) is 1. The Balaban J connectivity index is 1.94. The number of rotatable bonds is 4. The van der Waals surface area contributed by atoms with Crippen molar-refractivity contribution in [1.82, 2.24) is 15.5 Å². The second kappa shape index (κ2) is 5.87. The first-order chi connectivity index (χ1) is 8.96. The summed E-state index contributed by atoms with van der Waals surface area (Å²) in [7, 11) is 2.13. The molecule has 0 saturated heterocycles. The van der Waals surface area contributed by atoms with Crippen LogP contribution in [0.15, 0.2) is 12.1 Å². The van der Waals surface area contributed by atoms with Gasteiger partial charge in [0.05, 0.1) is 5.69 Å². The van der Waals surface area contributed by atoms with Crippen molar-refractivity contribution in [3.8, 4) is 0 Å². The summed E-state index contributed by atoms with van der Waals surface area (Å²) in [5.41, 5.74) is 1.11. The van der Waals surface area contributed by atoms with Crippen LogP contribution in [0.2, 0.25) is 0 Å². The molecule has 19 heavy (non-hydrogen) atoms. The second-order valence-corrected chi connectivity index (χ2v) is 6.54. The molecule has 0 spiro atoms. The van der Waals surface area contributed by atoms with Gasteiger partial charge in [-0.05, 0) is 45.7 Å². The van der Waals surface area contributed by atoms with Crippen LogP contribution < -0.4 is 10.2 Å². The third kappa shape index (κ3) is 4.16. The first kappa shape index (κ1) is 14.3. The molecular weight excluding hydrogens is 236 g/mol. The van der Waals surface area contributed by atoms with E-state index in [1.807, 2.05) is 0 Å². The topological polar surface area (TPSA) is 41.0 Å². The van der Waals surface area contributed by atoms with Crippen LogP contribution in [-0.4, -0.2) is 28.8 Å². The fraction of sp³-hybridized carbons (Fsp3) is 0.733. The summed E-state index contributed by atoms with van der Waals surface area (Å²) in [6.45, 7) is 7.23. The van der Waals surface area contributed by atoms with Crippen LogP contribution in [0.1, 0.15) is 52.1 Å². The van der Waals surface area contributed by atoms with Gasteiger partial charge in [-0.1, -0.05) is 12.8 Å². The monoisotopic (exact) mass is 262 g/mol. The standard InChI is InChI=1S/C15H26N4/c1-15(2,3)16-11-12-9-10-14(18-17-12)19(4)13-7-5-6-8-13/h9-10,13,16H,5-8,11H2,1-4H3. The van der Waals surface area contributed by atoms with Gasteiger partial charge in [0.1, 0.15) is 0 Å². The van der Waals surface area contributed by atoms with E-state index in [4.69, 9.17) is 0 Å². The quantitative estimate of drug-likeness (QED) is 0.906. The molecule has 1 aromatic rings. The van der Waals surface area contributed by atoms with Crippen molar-refractivity contribution < 1.29 is 0 Å². The van der Waals surface area contributed by atoms with Crippen LogP contribution in [-0.2, 0) is 6.54 Å². The van der Waals surface area contributed by atoms with E-state index in [2.05, 4.69) is 60.4 Å². The van der Waals surface area contributed by atoms with Gasteiger partial charge in [0, 0.05) is 25.2 Å². The van der Waals surface area contributed by atoms with E-state index in [1.165, 1.54) is 25.7 Å². The van der Waals surface area contributed by atoms with Gasteiger partial charge in [0.15, 0.2) is 5.82 Å². The molecule has 1 aliphatic carbocycles. The molecule has 1 fully saturated rings. The van der Waals surface area contributed by atoms with Crippen LogP contribution in [0, 0.1) is 0 Å². The average Bonchev–Trinajstić information content (AvgIpc) is 2.89. The number of anilines is 1. The summed E-state index contributed by atoms with van der Waals surface area (Å²) in [4.78, 5) is 2.28. The Kier molecular flexibility index (Phi) is 4.40. The molecular formula is C15H26N4. The van der Waals surface area contributed by atoms with E-state index < -0.39 is 0 Å². The van der Waals surface area contributed by atoms with Crippen molar-refractivity contribution in [2.24, 2.45) is 0 Å². The highest BCUT2D eigenvalue weighted by Crippen LogP contribution is 2.25. The van der Waals surface area contributed by atoms with E-state index >= 15 is 0 Å². The van der Waals surface area contributed by atoms with Crippen LogP contribution >= 0.6 is 0 Å². The predicted octanol–water partition coefficient (Wildman–Crippen LogP) is 2.74. The highest BCUT2D eigenvalue weighted by molar-refractivity contribution is 5.37. The van der Waals surface area contributed by atoms with Gasteiger partial charge in [-0.25, -0.2) is 0 Å². The lowest BCUT2D eigenvalue weighted by molar-refractivity contribution is 0.420. The SMILES string of the molecule is CN(c1ccc(CNC(C)(C)C)nn1)C1CCCC1. The highest BCUT2D eigenvalue weighted by Gasteiger charge is 2.20. The molecule has 0 amide bonds. The third-order valence-corrected chi connectivity index (χ3v) is 3.74. The number of nitrogens with zero attached hydrogens (tertiary/aromatic N) is 3. The van der Waals surface area contributed by atoms with E-state index in [9.17, 15) is 0 Å². The number of nitrogens with one attached hydrogen (secondary N) is 1. The molecule has 2 rings (SSSR count).